The number of nitrogens with zero attached hydrogens (tertiary/aromatic N) is 3. The maximum Gasteiger partial charge on any atom is 0.245 e. The van der Waals surface area contributed by atoms with E-state index in [0.29, 0.717) is 12.4 Å². The van der Waals surface area contributed by atoms with Crippen LogP contribution in [0.5, 0.6) is 0 Å². The molecule has 0 radical (unpaired) electrons. The summed E-state index contributed by atoms with van der Waals surface area (Å²) in [6, 6.07) is 21.3. The van der Waals surface area contributed by atoms with Gasteiger partial charge in [0.25, 0.3) is 0 Å². The Morgan fingerprint density at radius 1 is 1.00 bits per heavy atom. The second-order valence-corrected chi connectivity index (χ2v) is 9.29. The average Bonchev–Trinajstić information content (AvgIpc) is 3.18. The van der Waals surface area contributed by atoms with Crippen molar-refractivity contribution in [3.8, 4) is 5.69 Å². The quantitative estimate of drug-likeness (QED) is 0.583. The Labute approximate surface area is 190 Å². The molecular formula is C26H32N4O2. The van der Waals surface area contributed by atoms with Crippen LogP contribution in [0, 0.1) is 5.92 Å². The van der Waals surface area contributed by atoms with E-state index in [2.05, 4.69) is 26.1 Å². The lowest BCUT2D eigenvalue weighted by Crippen LogP contribution is -2.39. The molecule has 0 bridgehead atoms. The summed E-state index contributed by atoms with van der Waals surface area (Å²) in [6.45, 7) is 10.3. The minimum Gasteiger partial charge on any atom is -0.329 e. The number of hydrogen-bond donors (Lipinski definition) is 1. The molecule has 1 heterocycles. The summed E-state index contributed by atoms with van der Waals surface area (Å²) in [7, 11) is 0. The van der Waals surface area contributed by atoms with Crippen LogP contribution >= 0.6 is 0 Å². The molecule has 6 nitrogen and oxygen atoms in total. The lowest BCUT2D eigenvalue weighted by atomic mass is 9.92. The molecule has 2 amide bonds. The fraction of sp³-hybridized carbons (Fsp3) is 0.346. The van der Waals surface area contributed by atoms with Crippen LogP contribution in [0.15, 0.2) is 66.7 Å². The fourth-order valence-electron chi connectivity index (χ4n) is 3.34. The lowest BCUT2D eigenvalue weighted by molar-refractivity contribution is -0.138. The zero-order valence-corrected chi connectivity index (χ0v) is 19.5. The first-order valence-corrected chi connectivity index (χ1v) is 10.9. The molecule has 1 aromatic heterocycles. The Kier molecular flexibility index (Phi) is 7.13. The summed E-state index contributed by atoms with van der Waals surface area (Å²) in [4.78, 5) is 27.4. The number of hydrogen-bond acceptors (Lipinski definition) is 3. The summed E-state index contributed by atoms with van der Waals surface area (Å²) in [5.41, 5.74) is 2.54. The predicted molar refractivity (Wildman–Crippen MR) is 128 cm³/mol. The standard InChI is InChI=1S/C26H32N4O2/c1-19(2)25(32)29(17-20-12-8-6-9-13-20)18-24(31)27-23-16-22(26(3,4)5)28-30(23)21-14-10-7-11-15-21/h6-16,19H,17-18H2,1-5H3,(H,27,31). The van der Waals surface area contributed by atoms with Crippen LogP contribution in [0.2, 0.25) is 0 Å². The predicted octanol–water partition coefficient (Wildman–Crippen LogP) is 4.79. The van der Waals surface area contributed by atoms with Gasteiger partial charge in [-0.1, -0.05) is 83.1 Å². The second-order valence-electron chi connectivity index (χ2n) is 9.29. The van der Waals surface area contributed by atoms with E-state index in [-0.39, 0.29) is 29.7 Å². The van der Waals surface area contributed by atoms with Crippen LogP contribution in [0.1, 0.15) is 45.9 Å². The van der Waals surface area contributed by atoms with Gasteiger partial charge in [-0.15, -0.1) is 0 Å². The van der Waals surface area contributed by atoms with Crippen molar-refractivity contribution in [3.63, 3.8) is 0 Å². The van der Waals surface area contributed by atoms with Gasteiger partial charge >= 0.3 is 0 Å². The van der Waals surface area contributed by atoms with Crippen molar-refractivity contribution in [1.82, 2.24) is 14.7 Å². The number of aromatic nitrogens is 2. The third kappa shape index (κ3) is 5.84. The van der Waals surface area contributed by atoms with Crippen LogP contribution in [0.3, 0.4) is 0 Å². The van der Waals surface area contributed by atoms with Gasteiger partial charge in [-0.2, -0.15) is 5.10 Å². The number of carbonyl (C=O) groups is 2. The third-order valence-electron chi connectivity index (χ3n) is 5.10. The van der Waals surface area contributed by atoms with Gasteiger partial charge in [0.1, 0.15) is 12.4 Å². The summed E-state index contributed by atoms with van der Waals surface area (Å²) in [5.74, 6) is 0.0695. The maximum absolute atomic E-state index is 13.0. The Hall–Kier alpha value is -3.41. The summed E-state index contributed by atoms with van der Waals surface area (Å²) in [5, 5.41) is 7.72. The first-order valence-electron chi connectivity index (χ1n) is 10.9. The topological polar surface area (TPSA) is 67.2 Å². The third-order valence-corrected chi connectivity index (χ3v) is 5.10. The van der Waals surface area contributed by atoms with Gasteiger partial charge in [-0.05, 0) is 17.7 Å². The zero-order chi connectivity index (χ0) is 23.3. The molecule has 2 aromatic carbocycles. The van der Waals surface area contributed by atoms with Crippen molar-refractivity contribution in [2.75, 3.05) is 11.9 Å². The van der Waals surface area contributed by atoms with E-state index in [1.54, 1.807) is 9.58 Å². The monoisotopic (exact) mass is 432 g/mol. The number of rotatable bonds is 7. The Morgan fingerprint density at radius 3 is 2.16 bits per heavy atom. The van der Waals surface area contributed by atoms with Crippen molar-refractivity contribution in [1.29, 1.82) is 0 Å². The Balaban J connectivity index is 1.84. The van der Waals surface area contributed by atoms with Crippen molar-refractivity contribution in [2.45, 2.75) is 46.6 Å². The molecule has 1 N–H and O–H groups in total. The highest BCUT2D eigenvalue weighted by atomic mass is 16.2. The van der Waals surface area contributed by atoms with Gasteiger partial charge in [0.05, 0.1) is 11.4 Å². The van der Waals surface area contributed by atoms with Crippen molar-refractivity contribution >= 4 is 17.6 Å². The van der Waals surface area contributed by atoms with Gasteiger partial charge in [0.2, 0.25) is 11.8 Å². The molecule has 0 saturated carbocycles. The van der Waals surface area contributed by atoms with E-state index in [1.807, 2.05) is 80.6 Å². The summed E-state index contributed by atoms with van der Waals surface area (Å²) in [6.07, 6.45) is 0. The minimum absolute atomic E-state index is 0.0310. The molecule has 0 fully saturated rings. The van der Waals surface area contributed by atoms with Gasteiger partial charge in [0, 0.05) is 23.9 Å². The van der Waals surface area contributed by atoms with Crippen LogP contribution in [0.25, 0.3) is 5.69 Å². The second kappa shape index (κ2) is 9.81. The van der Waals surface area contributed by atoms with Gasteiger partial charge < -0.3 is 10.2 Å². The molecule has 6 heteroatoms. The van der Waals surface area contributed by atoms with E-state index in [1.165, 1.54) is 0 Å². The molecule has 168 valence electrons. The molecule has 0 unspecified atom stereocenters. The SMILES string of the molecule is CC(C)C(=O)N(CC(=O)Nc1cc(C(C)(C)C)nn1-c1ccccc1)Cc1ccccc1. The highest BCUT2D eigenvalue weighted by Gasteiger charge is 2.24. The van der Waals surface area contributed by atoms with Crippen LogP contribution in [-0.4, -0.2) is 33.0 Å². The fourth-order valence-corrected chi connectivity index (χ4v) is 3.34. The molecule has 0 saturated heterocycles. The Morgan fingerprint density at radius 2 is 1.59 bits per heavy atom. The molecule has 0 atom stereocenters. The minimum atomic E-state index is -0.257. The molecule has 3 rings (SSSR count). The molecule has 32 heavy (non-hydrogen) atoms. The van der Waals surface area contributed by atoms with Gasteiger partial charge in [-0.3, -0.25) is 9.59 Å². The zero-order valence-electron chi connectivity index (χ0n) is 19.5. The van der Waals surface area contributed by atoms with Crippen molar-refractivity contribution in [3.05, 3.63) is 78.0 Å². The van der Waals surface area contributed by atoms with E-state index in [4.69, 9.17) is 5.10 Å². The molecule has 0 spiro atoms. The van der Waals surface area contributed by atoms with E-state index in [9.17, 15) is 9.59 Å². The van der Waals surface area contributed by atoms with Crippen LogP contribution < -0.4 is 5.32 Å². The molecule has 3 aromatic rings. The van der Waals surface area contributed by atoms with E-state index >= 15 is 0 Å². The van der Waals surface area contributed by atoms with Gasteiger partial charge in [-0.25, -0.2) is 4.68 Å². The number of carbonyl (C=O) groups excluding carboxylic acids is 2. The highest BCUT2D eigenvalue weighted by molar-refractivity contribution is 5.94. The lowest BCUT2D eigenvalue weighted by Gasteiger charge is -2.24. The van der Waals surface area contributed by atoms with Crippen molar-refractivity contribution < 1.29 is 9.59 Å². The normalized spacial score (nSPS) is 11.4. The van der Waals surface area contributed by atoms with Crippen LogP contribution in [0.4, 0.5) is 5.82 Å². The maximum atomic E-state index is 13.0. The average molecular weight is 433 g/mol. The highest BCUT2D eigenvalue weighted by Crippen LogP contribution is 2.26. The molecule has 0 aliphatic heterocycles. The first kappa shape index (κ1) is 23.3. The number of anilines is 1. The van der Waals surface area contributed by atoms with Crippen LogP contribution in [-0.2, 0) is 21.5 Å². The summed E-state index contributed by atoms with van der Waals surface area (Å²) >= 11 is 0. The number of para-hydroxylation sites is 1. The van der Waals surface area contributed by atoms with Crippen molar-refractivity contribution in [2.24, 2.45) is 5.92 Å². The largest absolute Gasteiger partial charge is 0.329 e. The molecule has 0 aliphatic carbocycles. The summed E-state index contributed by atoms with van der Waals surface area (Å²) < 4.78 is 1.74. The number of benzene rings is 2. The number of amides is 2. The van der Waals surface area contributed by atoms with E-state index in [0.717, 1.165) is 16.9 Å². The van der Waals surface area contributed by atoms with E-state index < -0.39 is 0 Å². The molecular weight excluding hydrogens is 400 g/mol. The first-order chi connectivity index (χ1) is 15.1. The number of nitrogens with one attached hydrogen (secondary N) is 1. The molecule has 0 aliphatic rings. The smallest absolute Gasteiger partial charge is 0.245 e. The Bertz CT molecular complexity index is 1050. The van der Waals surface area contributed by atoms with Gasteiger partial charge in [0.15, 0.2) is 0 Å².